The van der Waals surface area contributed by atoms with E-state index in [0.717, 1.165) is 67.0 Å². The third kappa shape index (κ3) is 7.34. The van der Waals surface area contributed by atoms with E-state index in [0.29, 0.717) is 31.0 Å². The van der Waals surface area contributed by atoms with Crippen molar-refractivity contribution in [1.29, 1.82) is 0 Å². The molecule has 5 rings (SSSR count). The first-order valence-corrected chi connectivity index (χ1v) is 15.6. The van der Waals surface area contributed by atoms with Gasteiger partial charge in [0.2, 0.25) is 0 Å². The molecule has 42 heavy (non-hydrogen) atoms. The number of methoxy groups -OCH3 is 1. The summed E-state index contributed by atoms with van der Waals surface area (Å²) in [6.45, 7) is 8.82. The summed E-state index contributed by atoms with van der Waals surface area (Å²) in [6, 6.07) is 18.0. The highest BCUT2D eigenvalue weighted by Crippen LogP contribution is 2.26. The third-order valence-corrected chi connectivity index (χ3v) is 8.65. The summed E-state index contributed by atoms with van der Waals surface area (Å²) < 4.78 is 10.5. The lowest BCUT2D eigenvalue weighted by Gasteiger charge is -2.36. The zero-order chi connectivity index (χ0) is 29.5. The third-order valence-electron chi connectivity index (χ3n) is 7.73. The van der Waals surface area contributed by atoms with Crippen LogP contribution in [0.15, 0.2) is 59.8 Å². The predicted octanol–water partition coefficient (Wildman–Crippen LogP) is 4.83. The number of anilines is 2. The summed E-state index contributed by atoms with van der Waals surface area (Å²) in [7, 11) is 1.68. The summed E-state index contributed by atoms with van der Waals surface area (Å²) >= 11 is 1.58. The number of benzene rings is 2. The maximum atomic E-state index is 13.3. The average Bonchev–Trinajstić information content (AvgIpc) is 3.03. The molecule has 0 aliphatic carbocycles. The maximum absolute atomic E-state index is 13.3. The van der Waals surface area contributed by atoms with Crippen molar-refractivity contribution >= 4 is 35.1 Å². The summed E-state index contributed by atoms with van der Waals surface area (Å²) in [6.07, 6.45) is 1.56. The lowest BCUT2D eigenvalue weighted by molar-refractivity contribution is -0.149. The van der Waals surface area contributed by atoms with E-state index in [1.165, 1.54) is 5.69 Å². The Balaban J connectivity index is 1.18. The van der Waals surface area contributed by atoms with E-state index in [-0.39, 0.29) is 17.8 Å². The molecular weight excluding hydrogens is 550 g/mol. The van der Waals surface area contributed by atoms with Crippen LogP contribution in [-0.2, 0) is 15.3 Å². The normalized spacial score (nSPS) is 17.2. The van der Waals surface area contributed by atoms with Crippen molar-refractivity contribution in [1.82, 2.24) is 14.9 Å². The number of esters is 1. The van der Waals surface area contributed by atoms with Gasteiger partial charge in [0.1, 0.15) is 11.6 Å². The van der Waals surface area contributed by atoms with Crippen LogP contribution in [0, 0.1) is 12.8 Å². The van der Waals surface area contributed by atoms with Crippen molar-refractivity contribution in [2.24, 2.45) is 5.92 Å². The molecule has 0 spiro atoms. The summed E-state index contributed by atoms with van der Waals surface area (Å²) in [5.41, 5.74) is 3.80. The first-order valence-electron chi connectivity index (χ1n) is 14.6. The number of hydrogen-bond acceptors (Lipinski definition) is 9. The van der Waals surface area contributed by atoms with Gasteiger partial charge in [0.15, 0.2) is 5.16 Å². The second-order valence-electron chi connectivity index (χ2n) is 10.7. The van der Waals surface area contributed by atoms with Gasteiger partial charge in [-0.3, -0.25) is 9.59 Å². The van der Waals surface area contributed by atoms with Gasteiger partial charge in [0, 0.05) is 68.0 Å². The molecule has 2 fully saturated rings. The Bertz CT molecular complexity index is 1380. The number of thioether (sulfide) groups is 1. The minimum atomic E-state index is -0.250. The van der Waals surface area contributed by atoms with E-state index in [1.54, 1.807) is 30.7 Å². The van der Waals surface area contributed by atoms with Gasteiger partial charge in [0.05, 0.1) is 19.6 Å². The number of piperidine rings is 1. The Morgan fingerprint density at radius 3 is 2.48 bits per heavy atom. The van der Waals surface area contributed by atoms with Crippen LogP contribution in [-0.4, -0.2) is 79.7 Å². The number of aryl methyl sites for hydroxylation is 1. The van der Waals surface area contributed by atoms with Crippen LogP contribution < -0.4 is 14.5 Å². The minimum Gasteiger partial charge on any atom is -0.497 e. The van der Waals surface area contributed by atoms with Crippen LogP contribution in [0.4, 0.5) is 11.5 Å². The molecule has 0 N–H and O–H groups in total. The van der Waals surface area contributed by atoms with E-state index in [1.807, 2.05) is 43.3 Å². The topological polar surface area (TPSA) is 88.1 Å². The molecule has 9 nitrogen and oxygen atoms in total. The SMILES string of the molecule is CCOC(=O)[C@@H]1CCCN(C(=O)c2cccc(CSc3nc(C)cc(N4CCN(c5ccc(OC)cc5)CC4)n3)c2)C1. The van der Waals surface area contributed by atoms with Crippen LogP contribution >= 0.6 is 11.8 Å². The summed E-state index contributed by atoms with van der Waals surface area (Å²) in [4.78, 5) is 41.6. The van der Waals surface area contributed by atoms with Crippen LogP contribution in [0.2, 0.25) is 0 Å². The van der Waals surface area contributed by atoms with Crippen molar-refractivity contribution in [3.05, 3.63) is 71.4 Å². The van der Waals surface area contributed by atoms with Crippen LogP contribution in [0.5, 0.6) is 5.75 Å². The van der Waals surface area contributed by atoms with Gasteiger partial charge in [-0.2, -0.15) is 0 Å². The second-order valence-corrected chi connectivity index (χ2v) is 11.6. The zero-order valence-corrected chi connectivity index (χ0v) is 25.4. The number of nitrogens with zero attached hydrogens (tertiary/aromatic N) is 5. The summed E-state index contributed by atoms with van der Waals surface area (Å²) in [5.74, 6) is 1.96. The average molecular weight is 590 g/mol. The Morgan fingerprint density at radius 2 is 1.74 bits per heavy atom. The molecule has 10 heteroatoms. The number of ether oxygens (including phenoxy) is 2. The van der Waals surface area contributed by atoms with E-state index < -0.39 is 0 Å². The van der Waals surface area contributed by atoms with E-state index >= 15 is 0 Å². The number of amides is 1. The fourth-order valence-corrected chi connectivity index (χ4v) is 6.32. The molecular formula is C32H39N5O4S. The molecule has 0 saturated carbocycles. The highest BCUT2D eigenvalue weighted by Gasteiger charge is 2.30. The number of hydrogen-bond donors (Lipinski definition) is 0. The van der Waals surface area contributed by atoms with E-state index in [9.17, 15) is 9.59 Å². The molecule has 1 atom stereocenters. The van der Waals surface area contributed by atoms with Gasteiger partial charge in [0.25, 0.3) is 5.91 Å². The fourth-order valence-electron chi connectivity index (χ4n) is 5.48. The number of carbonyl (C=O) groups is 2. The molecule has 1 amide bonds. The zero-order valence-electron chi connectivity index (χ0n) is 24.6. The molecule has 2 saturated heterocycles. The van der Waals surface area contributed by atoms with Gasteiger partial charge in [-0.15, -0.1) is 0 Å². The lowest BCUT2D eigenvalue weighted by atomic mass is 9.97. The number of rotatable bonds is 9. The van der Waals surface area contributed by atoms with Crippen molar-refractivity contribution in [3.63, 3.8) is 0 Å². The van der Waals surface area contributed by atoms with Gasteiger partial charge < -0.3 is 24.2 Å². The molecule has 3 heterocycles. The first-order chi connectivity index (χ1) is 20.4. The molecule has 222 valence electrons. The molecule has 3 aromatic rings. The smallest absolute Gasteiger partial charge is 0.310 e. The molecule has 1 aromatic heterocycles. The molecule has 2 aliphatic heterocycles. The van der Waals surface area contributed by atoms with Crippen molar-refractivity contribution < 1.29 is 19.1 Å². The highest BCUT2D eigenvalue weighted by atomic mass is 32.2. The van der Waals surface area contributed by atoms with Crippen molar-refractivity contribution in [2.45, 2.75) is 37.6 Å². The fraction of sp³-hybridized carbons (Fsp3) is 0.438. The molecule has 2 aliphatic rings. The number of carbonyl (C=O) groups excluding carboxylic acids is 2. The Labute approximate surface area is 252 Å². The van der Waals surface area contributed by atoms with Crippen LogP contribution in [0.25, 0.3) is 0 Å². The monoisotopic (exact) mass is 589 g/mol. The van der Waals surface area contributed by atoms with Gasteiger partial charge in [-0.05, 0) is 68.7 Å². The quantitative estimate of drug-likeness (QED) is 0.198. The Kier molecular flexibility index (Phi) is 9.84. The Hall–Kier alpha value is -3.79. The van der Waals surface area contributed by atoms with Crippen molar-refractivity contribution in [2.75, 3.05) is 62.8 Å². The van der Waals surface area contributed by atoms with Crippen LogP contribution in [0.1, 0.15) is 41.4 Å². The van der Waals surface area contributed by atoms with Gasteiger partial charge in [-0.25, -0.2) is 9.97 Å². The van der Waals surface area contributed by atoms with Gasteiger partial charge >= 0.3 is 5.97 Å². The molecule has 0 radical (unpaired) electrons. The van der Waals surface area contributed by atoms with Gasteiger partial charge in [-0.1, -0.05) is 23.9 Å². The number of piperazine rings is 1. The number of aromatic nitrogens is 2. The summed E-state index contributed by atoms with van der Waals surface area (Å²) in [5, 5.41) is 0.729. The van der Waals surface area contributed by atoms with Crippen molar-refractivity contribution in [3.8, 4) is 5.75 Å². The molecule has 0 unspecified atom stereocenters. The predicted molar refractivity (Wildman–Crippen MR) is 165 cm³/mol. The van der Waals surface area contributed by atoms with E-state index in [2.05, 4.69) is 33.0 Å². The standard InChI is InChI=1S/C32H39N5O4S/c1-4-41-31(39)26-9-6-14-37(21-26)30(38)25-8-5-7-24(20-25)22-42-32-33-23(2)19-29(34-32)36-17-15-35(16-18-36)27-10-12-28(40-3)13-11-27/h5,7-8,10-13,19-20,26H,4,6,9,14-18,21-22H2,1-3H3/t26-/m1/s1. The minimum absolute atomic E-state index is 0.0428. The Morgan fingerprint density at radius 1 is 0.976 bits per heavy atom. The molecule has 2 aromatic carbocycles. The first kappa shape index (κ1) is 29.7. The second kappa shape index (κ2) is 13.9. The largest absolute Gasteiger partial charge is 0.497 e. The highest BCUT2D eigenvalue weighted by molar-refractivity contribution is 7.98. The maximum Gasteiger partial charge on any atom is 0.310 e. The number of likely N-dealkylation sites (tertiary alicyclic amines) is 1. The van der Waals surface area contributed by atoms with Crippen LogP contribution in [0.3, 0.4) is 0 Å². The molecule has 0 bridgehead atoms. The lowest BCUT2D eigenvalue weighted by Crippen LogP contribution is -2.46. The van der Waals surface area contributed by atoms with E-state index in [4.69, 9.17) is 14.5 Å².